The zero-order valence-corrected chi connectivity index (χ0v) is 10.9. The van der Waals surface area contributed by atoms with Gasteiger partial charge in [0.05, 0.1) is 12.7 Å². The monoisotopic (exact) mass is 265 g/mol. The summed E-state index contributed by atoms with van der Waals surface area (Å²) in [6, 6.07) is 6.76. The summed E-state index contributed by atoms with van der Waals surface area (Å²) in [6.07, 6.45) is 0.645. The number of methoxy groups -OCH3 is 1. The van der Waals surface area contributed by atoms with Gasteiger partial charge >= 0.3 is 6.03 Å². The lowest BCUT2D eigenvalue weighted by atomic mass is 10.0. The van der Waals surface area contributed by atoms with Gasteiger partial charge in [0.25, 0.3) is 0 Å². The van der Waals surface area contributed by atoms with Crippen molar-refractivity contribution in [2.24, 2.45) is 0 Å². The first-order chi connectivity index (χ1) is 9.11. The number of β-amino-alcohol motifs (C(OH)–C–C–N with tert-alkyl or cyclic N) is 1. The first-order valence-electron chi connectivity index (χ1n) is 6.23. The smallest absolute Gasteiger partial charge is 0.319 e. The Morgan fingerprint density at radius 1 is 1.58 bits per heavy atom. The topological polar surface area (TPSA) is 82.6 Å². The number of hydrogen-bond donors (Lipinski definition) is 4. The Morgan fingerprint density at radius 3 is 3.11 bits per heavy atom. The molecule has 6 heteroatoms. The Labute approximate surface area is 112 Å². The van der Waals surface area contributed by atoms with Crippen LogP contribution in [0.5, 0.6) is 5.75 Å². The van der Waals surface area contributed by atoms with Crippen molar-refractivity contribution in [2.75, 3.05) is 32.1 Å². The molecule has 6 nitrogen and oxygen atoms in total. The normalized spacial score (nSPS) is 22.0. The minimum absolute atomic E-state index is 0.232. The third-order valence-electron chi connectivity index (χ3n) is 3.13. The lowest BCUT2D eigenvalue weighted by molar-refractivity contribution is 0.0640. The molecule has 0 bridgehead atoms. The number of carbonyl (C=O) groups is 1. The molecule has 1 heterocycles. The van der Waals surface area contributed by atoms with Crippen molar-refractivity contribution in [3.63, 3.8) is 0 Å². The van der Waals surface area contributed by atoms with Crippen molar-refractivity contribution in [2.45, 2.75) is 12.0 Å². The number of urea groups is 1. The number of anilines is 1. The molecule has 1 fully saturated rings. The number of benzene rings is 1. The van der Waals surface area contributed by atoms with Crippen molar-refractivity contribution in [1.29, 1.82) is 0 Å². The largest absolute Gasteiger partial charge is 0.497 e. The van der Waals surface area contributed by atoms with Gasteiger partial charge in [-0.05, 0) is 25.1 Å². The van der Waals surface area contributed by atoms with Gasteiger partial charge in [0, 0.05) is 24.8 Å². The summed E-state index contributed by atoms with van der Waals surface area (Å²) < 4.78 is 5.07. The predicted octanol–water partition coefficient (Wildman–Crippen LogP) is 0.541. The second kappa shape index (κ2) is 5.90. The minimum atomic E-state index is -0.842. The number of amides is 2. The van der Waals surface area contributed by atoms with Crippen LogP contribution in [0, 0.1) is 0 Å². The predicted molar refractivity (Wildman–Crippen MR) is 72.5 cm³/mol. The summed E-state index contributed by atoms with van der Waals surface area (Å²) in [5.74, 6) is 0.677. The molecule has 4 N–H and O–H groups in total. The molecule has 104 valence electrons. The molecule has 1 unspecified atom stereocenters. The van der Waals surface area contributed by atoms with E-state index < -0.39 is 5.60 Å². The number of rotatable bonds is 4. The first kappa shape index (κ1) is 13.6. The van der Waals surface area contributed by atoms with Crippen LogP contribution in [0.3, 0.4) is 0 Å². The zero-order chi connectivity index (χ0) is 13.7. The van der Waals surface area contributed by atoms with E-state index in [2.05, 4.69) is 16.0 Å². The molecular weight excluding hydrogens is 246 g/mol. The molecule has 2 amide bonds. The molecule has 0 saturated carbocycles. The van der Waals surface area contributed by atoms with Gasteiger partial charge in [0.15, 0.2) is 0 Å². The van der Waals surface area contributed by atoms with Crippen molar-refractivity contribution in [3.05, 3.63) is 24.3 Å². The van der Waals surface area contributed by atoms with Gasteiger partial charge in [-0.15, -0.1) is 0 Å². The van der Waals surface area contributed by atoms with Gasteiger partial charge < -0.3 is 25.8 Å². The van der Waals surface area contributed by atoms with E-state index in [9.17, 15) is 9.90 Å². The summed E-state index contributed by atoms with van der Waals surface area (Å²) in [7, 11) is 1.57. The van der Waals surface area contributed by atoms with Crippen LogP contribution >= 0.6 is 0 Å². The summed E-state index contributed by atoms with van der Waals surface area (Å²) in [4.78, 5) is 11.7. The fraction of sp³-hybridized carbons (Fsp3) is 0.462. The lowest BCUT2D eigenvalue weighted by Gasteiger charge is -2.21. The van der Waals surface area contributed by atoms with E-state index in [-0.39, 0.29) is 12.6 Å². The van der Waals surface area contributed by atoms with Crippen LogP contribution in [-0.4, -0.2) is 43.5 Å². The molecule has 0 aliphatic carbocycles. The summed E-state index contributed by atoms with van der Waals surface area (Å²) in [5.41, 5.74) is -0.195. The lowest BCUT2D eigenvalue weighted by Crippen LogP contribution is -2.45. The molecule has 0 aromatic heterocycles. The van der Waals surface area contributed by atoms with Crippen LogP contribution in [0.15, 0.2) is 24.3 Å². The van der Waals surface area contributed by atoms with Gasteiger partial charge in [-0.2, -0.15) is 0 Å². The van der Waals surface area contributed by atoms with E-state index in [4.69, 9.17) is 4.74 Å². The molecule has 1 atom stereocenters. The highest BCUT2D eigenvalue weighted by atomic mass is 16.5. The molecule has 1 aliphatic rings. The van der Waals surface area contributed by atoms with Crippen molar-refractivity contribution in [3.8, 4) is 5.75 Å². The Hall–Kier alpha value is -1.79. The quantitative estimate of drug-likeness (QED) is 0.640. The molecular formula is C13H19N3O3. The van der Waals surface area contributed by atoms with Gasteiger partial charge in [-0.1, -0.05) is 6.07 Å². The van der Waals surface area contributed by atoms with Gasteiger partial charge in [-0.25, -0.2) is 4.79 Å². The summed E-state index contributed by atoms with van der Waals surface area (Å²) >= 11 is 0. The molecule has 0 radical (unpaired) electrons. The number of carbonyl (C=O) groups excluding carboxylic acids is 1. The fourth-order valence-electron chi connectivity index (χ4n) is 2.00. The fourth-order valence-corrected chi connectivity index (χ4v) is 2.00. The Bertz CT molecular complexity index is 445. The standard InChI is InChI=1S/C13H19N3O3/c1-19-11-4-2-3-10(7-11)16-12(17)15-9-13(18)5-6-14-8-13/h2-4,7,14,18H,5-6,8-9H2,1H3,(H2,15,16,17). The summed E-state index contributed by atoms with van der Waals surface area (Å²) in [5, 5.41) is 18.5. The van der Waals surface area contributed by atoms with Crippen LogP contribution < -0.4 is 20.7 Å². The molecule has 0 spiro atoms. The van der Waals surface area contributed by atoms with Crippen LogP contribution in [0.2, 0.25) is 0 Å². The summed E-state index contributed by atoms with van der Waals surface area (Å²) in [6.45, 7) is 1.51. The maximum absolute atomic E-state index is 11.7. The minimum Gasteiger partial charge on any atom is -0.497 e. The molecule has 2 rings (SSSR count). The third kappa shape index (κ3) is 3.84. The average molecular weight is 265 g/mol. The maximum atomic E-state index is 11.7. The van der Waals surface area contributed by atoms with E-state index in [1.807, 2.05) is 0 Å². The highest BCUT2D eigenvalue weighted by Crippen LogP contribution is 2.17. The van der Waals surface area contributed by atoms with Crippen molar-refractivity contribution < 1.29 is 14.6 Å². The zero-order valence-electron chi connectivity index (χ0n) is 10.9. The third-order valence-corrected chi connectivity index (χ3v) is 3.13. The number of aliphatic hydroxyl groups is 1. The van der Waals surface area contributed by atoms with Gasteiger partial charge in [-0.3, -0.25) is 0 Å². The van der Waals surface area contributed by atoms with Crippen molar-refractivity contribution in [1.82, 2.24) is 10.6 Å². The molecule has 1 aromatic carbocycles. The highest BCUT2D eigenvalue weighted by molar-refractivity contribution is 5.89. The van der Waals surface area contributed by atoms with E-state index in [0.717, 1.165) is 6.54 Å². The second-order valence-electron chi connectivity index (χ2n) is 4.69. The van der Waals surface area contributed by atoms with E-state index in [1.165, 1.54) is 0 Å². The van der Waals surface area contributed by atoms with Gasteiger partial charge in [0.2, 0.25) is 0 Å². The molecule has 19 heavy (non-hydrogen) atoms. The molecule has 1 aliphatic heterocycles. The van der Waals surface area contributed by atoms with Crippen LogP contribution in [0.25, 0.3) is 0 Å². The molecule has 1 saturated heterocycles. The SMILES string of the molecule is COc1cccc(NC(=O)NCC2(O)CCNC2)c1. The first-order valence-corrected chi connectivity index (χ1v) is 6.23. The highest BCUT2D eigenvalue weighted by Gasteiger charge is 2.31. The maximum Gasteiger partial charge on any atom is 0.319 e. The van der Waals surface area contributed by atoms with Gasteiger partial charge in [0.1, 0.15) is 5.75 Å². The second-order valence-corrected chi connectivity index (χ2v) is 4.69. The average Bonchev–Trinajstić information content (AvgIpc) is 2.84. The number of hydrogen-bond acceptors (Lipinski definition) is 4. The Balaban J connectivity index is 1.83. The van der Waals surface area contributed by atoms with Crippen LogP contribution in [-0.2, 0) is 0 Å². The van der Waals surface area contributed by atoms with Crippen LogP contribution in [0.4, 0.5) is 10.5 Å². The molecule has 1 aromatic rings. The van der Waals surface area contributed by atoms with E-state index >= 15 is 0 Å². The van der Waals surface area contributed by atoms with Crippen LogP contribution in [0.1, 0.15) is 6.42 Å². The Morgan fingerprint density at radius 2 is 2.42 bits per heavy atom. The number of nitrogens with one attached hydrogen (secondary N) is 3. The van der Waals surface area contributed by atoms with E-state index in [0.29, 0.717) is 24.4 Å². The van der Waals surface area contributed by atoms with Crippen molar-refractivity contribution >= 4 is 11.7 Å². The number of ether oxygens (including phenoxy) is 1. The van der Waals surface area contributed by atoms with E-state index in [1.54, 1.807) is 31.4 Å². The Kier molecular flexibility index (Phi) is 4.24.